The van der Waals surface area contributed by atoms with Crippen LogP contribution < -0.4 is 4.90 Å². The van der Waals surface area contributed by atoms with Crippen molar-refractivity contribution < 1.29 is 14.4 Å². The lowest BCUT2D eigenvalue weighted by molar-refractivity contribution is -0.111. The van der Waals surface area contributed by atoms with E-state index < -0.39 is 5.91 Å². The highest BCUT2D eigenvalue weighted by Crippen LogP contribution is 2.37. The molecule has 26 heavy (non-hydrogen) atoms. The van der Waals surface area contributed by atoms with E-state index in [1.54, 1.807) is 30.3 Å². The number of hydrogen-bond donors (Lipinski definition) is 0. The minimum atomic E-state index is -0.431. The van der Waals surface area contributed by atoms with Gasteiger partial charge in [-0.25, -0.2) is 4.90 Å². The zero-order chi connectivity index (χ0) is 18.4. The predicted octanol–water partition coefficient (Wildman–Crippen LogP) is 4.24. The van der Waals surface area contributed by atoms with Gasteiger partial charge in [-0.3, -0.25) is 14.4 Å². The highest BCUT2D eigenvalue weighted by atomic mass is 16.2. The summed E-state index contributed by atoms with van der Waals surface area (Å²) in [4.78, 5) is 39.3. The van der Waals surface area contributed by atoms with Crippen molar-refractivity contribution in [2.75, 3.05) is 4.90 Å². The quantitative estimate of drug-likeness (QED) is 0.529. The first-order valence-electron chi connectivity index (χ1n) is 8.20. The third kappa shape index (κ3) is 2.19. The van der Waals surface area contributed by atoms with Crippen LogP contribution in [-0.4, -0.2) is 17.6 Å². The second kappa shape index (κ2) is 5.77. The molecular weight excluding hydrogens is 326 g/mol. The van der Waals surface area contributed by atoms with Gasteiger partial charge in [0, 0.05) is 11.1 Å². The SMILES string of the molecule is C=C(C(C)=O)c1c2c(cc3ccccc13)C(=O)N(c1ccccc1)C2=O. The third-order valence-electron chi connectivity index (χ3n) is 4.64. The van der Waals surface area contributed by atoms with Crippen LogP contribution in [0.2, 0.25) is 0 Å². The number of para-hydroxylation sites is 1. The van der Waals surface area contributed by atoms with E-state index >= 15 is 0 Å². The molecule has 4 heteroatoms. The summed E-state index contributed by atoms with van der Waals surface area (Å²) in [5.41, 5.74) is 1.73. The van der Waals surface area contributed by atoms with Crippen molar-refractivity contribution in [1.29, 1.82) is 0 Å². The highest BCUT2D eigenvalue weighted by Gasteiger charge is 2.40. The zero-order valence-corrected chi connectivity index (χ0v) is 14.2. The van der Waals surface area contributed by atoms with Gasteiger partial charge in [0.15, 0.2) is 5.78 Å². The third-order valence-corrected chi connectivity index (χ3v) is 4.64. The number of carbonyl (C=O) groups excluding carboxylic acids is 3. The van der Waals surface area contributed by atoms with Crippen molar-refractivity contribution in [3.8, 4) is 0 Å². The van der Waals surface area contributed by atoms with Crippen LogP contribution >= 0.6 is 0 Å². The normalized spacial score (nSPS) is 13.2. The van der Waals surface area contributed by atoms with Crippen molar-refractivity contribution in [2.45, 2.75) is 6.92 Å². The van der Waals surface area contributed by atoms with Gasteiger partial charge in [-0.05, 0) is 35.9 Å². The first-order chi connectivity index (χ1) is 12.5. The van der Waals surface area contributed by atoms with Gasteiger partial charge in [-0.1, -0.05) is 49.0 Å². The van der Waals surface area contributed by atoms with E-state index in [1.165, 1.54) is 6.92 Å². The van der Waals surface area contributed by atoms with Crippen LogP contribution in [0.1, 0.15) is 33.2 Å². The average molecular weight is 341 g/mol. The Morgan fingerprint density at radius 2 is 1.58 bits per heavy atom. The first kappa shape index (κ1) is 16.0. The number of ketones is 1. The molecule has 4 rings (SSSR count). The molecule has 0 saturated heterocycles. The standard InChI is InChI=1S/C22H15NO3/c1-13(14(2)24)19-17-11-7-6-8-15(17)12-18-20(19)22(26)23(21(18)25)16-9-4-3-5-10-16/h3-12H,1H2,2H3. The van der Waals surface area contributed by atoms with Crippen molar-refractivity contribution in [3.05, 3.63) is 83.9 Å². The van der Waals surface area contributed by atoms with Crippen LogP contribution in [0.4, 0.5) is 5.69 Å². The molecule has 0 N–H and O–H groups in total. The molecule has 3 aromatic rings. The van der Waals surface area contributed by atoms with Gasteiger partial charge in [0.05, 0.1) is 16.8 Å². The molecule has 0 radical (unpaired) electrons. The lowest BCUT2D eigenvalue weighted by Crippen LogP contribution is -2.29. The molecule has 0 aromatic heterocycles. The number of benzene rings is 3. The van der Waals surface area contributed by atoms with Gasteiger partial charge in [-0.15, -0.1) is 0 Å². The Labute approximate surface area is 150 Å². The maximum absolute atomic E-state index is 13.2. The summed E-state index contributed by atoms with van der Waals surface area (Å²) in [6.45, 7) is 5.29. The summed E-state index contributed by atoms with van der Waals surface area (Å²) in [5, 5.41) is 1.53. The number of anilines is 1. The second-order valence-corrected chi connectivity index (χ2v) is 6.21. The van der Waals surface area contributed by atoms with Gasteiger partial charge >= 0.3 is 0 Å². The van der Waals surface area contributed by atoms with Crippen molar-refractivity contribution in [2.24, 2.45) is 0 Å². The summed E-state index contributed by atoms with van der Waals surface area (Å²) in [6.07, 6.45) is 0. The van der Waals surface area contributed by atoms with Crippen molar-refractivity contribution in [1.82, 2.24) is 0 Å². The largest absolute Gasteiger partial charge is 0.295 e. The molecule has 0 bridgehead atoms. The van der Waals surface area contributed by atoms with Gasteiger partial charge in [0.1, 0.15) is 0 Å². The number of imide groups is 1. The fraction of sp³-hybridized carbons (Fsp3) is 0.0455. The molecule has 0 saturated carbocycles. The number of amides is 2. The van der Waals surface area contributed by atoms with Crippen LogP contribution in [-0.2, 0) is 4.79 Å². The van der Waals surface area contributed by atoms with Crippen LogP contribution in [0.15, 0.2) is 67.2 Å². The smallest absolute Gasteiger partial charge is 0.266 e. The van der Waals surface area contributed by atoms with E-state index in [0.29, 0.717) is 16.8 Å². The van der Waals surface area contributed by atoms with Crippen LogP contribution in [0.25, 0.3) is 16.3 Å². The average Bonchev–Trinajstić information content (AvgIpc) is 2.90. The molecule has 4 nitrogen and oxygen atoms in total. The number of allylic oxidation sites excluding steroid dienone is 1. The van der Waals surface area contributed by atoms with Gasteiger partial charge in [0.2, 0.25) is 0 Å². The maximum atomic E-state index is 13.2. The van der Waals surface area contributed by atoms with E-state index in [9.17, 15) is 14.4 Å². The minimum Gasteiger partial charge on any atom is -0.295 e. The summed E-state index contributed by atoms with van der Waals surface area (Å²) in [7, 11) is 0. The Morgan fingerprint density at radius 3 is 2.27 bits per heavy atom. The molecule has 0 aliphatic carbocycles. The summed E-state index contributed by atoms with van der Waals surface area (Å²) in [5.74, 6) is -1.05. The lowest BCUT2D eigenvalue weighted by atomic mass is 9.89. The van der Waals surface area contributed by atoms with Crippen molar-refractivity contribution in [3.63, 3.8) is 0 Å². The Balaban J connectivity index is 2.04. The van der Waals surface area contributed by atoms with E-state index in [2.05, 4.69) is 6.58 Å². The van der Waals surface area contributed by atoms with E-state index in [0.717, 1.165) is 15.7 Å². The molecule has 1 heterocycles. The monoisotopic (exact) mass is 341 g/mol. The molecule has 126 valence electrons. The molecule has 0 atom stereocenters. The van der Waals surface area contributed by atoms with Crippen molar-refractivity contribution >= 4 is 39.6 Å². The molecule has 0 spiro atoms. The molecule has 2 amide bonds. The summed E-state index contributed by atoms with van der Waals surface area (Å²) < 4.78 is 0. The topological polar surface area (TPSA) is 54.5 Å². The maximum Gasteiger partial charge on any atom is 0.266 e. The molecule has 1 aliphatic heterocycles. The molecule has 1 aliphatic rings. The first-order valence-corrected chi connectivity index (χ1v) is 8.20. The summed E-state index contributed by atoms with van der Waals surface area (Å²) >= 11 is 0. The summed E-state index contributed by atoms with van der Waals surface area (Å²) in [6, 6.07) is 17.9. The minimum absolute atomic E-state index is 0.231. The molecular formula is C22H15NO3. The van der Waals surface area contributed by atoms with Crippen LogP contribution in [0.3, 0.4) is 0 Å². The number of nitrogens with zero attached hydrogens (tertiary/aromatic N) is 1. The Hall–Kier alpha value is -3.53. The number of fused-ring (bicyclic) bond motifs is 2. The zero-order valence-electron chi connectivity index (χ0n) is 14.2. The number of Topliss-reactive ketones (excluding diaryl/α,β-unsaturated/α-hetero) is 1. The number of rotatable bonds is 3. The second-order valence-electron chi connectivity index (χ2n) is 6.21. The van der Waals surface area contributed by atoms with Crippen LogP contribution in [0, 0.1) is 0 Å². The Bertz CT molecular complexity index is 1110. The number of carbonyl (C=O) groups is 3. The van der Waals surface area contributed by atoms with E-state index in [-0.39, 0.29) is 22.8 Å². The van der Waals surface area contributed by atoms with Gasteiger partial charge < -0.3 is 0 Å². The number of hydrogen-bond acceptors (Lipinski definition) is 3. The fourth-order valence-corrected chi connectivity index (χ4v) is 3.36. The Morgan fingerprint density at radius 1 is 0.923 bits per heavy atom. The highest BCUT2D eigenvalue weighted by molar-refractivity contribution is 6.38. The van der Waals surface area contributed by atoms with Gasteiger partial charge in [0.25, 0.3) is 11.8 Å². The fourth-order valence-electron chi connectivity index (χ4n) is 3.36. The molecule has 3 aromatic carbocycles. The van der Waals surface area contributed by atoms with E-state index in [4.69, 9.17) is 0 Å². The molecule has 0 unspecified atom stereocenters. The lowest BCUT2D eigenvalue weighted by Gasteiger charge is -2.14. The van der Waals surface area contributed by atoms with Crippen LogP contribution in [0.5, 0.6) is 0 Å². The molecule has 0 fully saturated rings. The predicted molar refractivity (Wildman–Crippen MR) is 101 cm³/mol. The van der Waals surface area contributed by atoms with Gasteiger partial charge in [-0.2, -0.15) is 0 Å². The van der Waals surface area contributed by atoms with E-state index in [1.807, 2.05) is 30.3 Å². The Kier molecular flexibility index (Phi) is 3.55.